The first-order valence-corrected chi connectivity index (χ1v) is 9.43. The van der Waals surface area contributed by atoms with Crippen molar-refractivity contribution in [3.05, 3.63) is 35.9 Å². The summed E-state index contributed by atoms with van der Waals surface area (Å²) >= 11 is 0. The molecule has 0 amide bonds. The maximum atomic E-state index is 13.7. The monoisotopic (exact) mass is 416 g/mol. The first-order chi connectivity index (χ1) is 12.8. The fourth-order valence-electron chi connectivity index (χ4n) is 4.16. The fourth-order valence-corrected chi connectivity index (χ4v) is 4.16. The zero-order chi connectivity index (χ0) is 19.5. The molecule has 1 heterocycles. The fraction of sp³-hybridized carbons (Fsp3) is 0.600. The standard InChI is InChI=1S/C20H26F2N2O3.ClH/c21-19(22)9-6-17(12-19)20(26,16-4-2-1-3-5-16)18(25)27-11-8-15-7-10-24(13-15)14-23;/h1-5,14-15,17,23,26H,6-13H2;1H/t15-,17-,20+;/m1./s1. The number of hydrogen-bond acceptors (Lipinski definition) is 4. The molecule has 1 aromatic rings. The van der Waals surface area contributed by atoms with E-state index in [1.807, 2.05) is 4.90 Å². The number of alkyl halides is 2. The third-order valence-electron chi connectivity index (χ3n) is 5.78. The van der Waals surface area contributed by atoms with Gasteiger partial charge in [0.2, 0.25) is 5.92 Å². The molecular weight excluding hydrogens is 390 g/mol. The van der Waals surface area contributed by atoms with Gasteiger partial charge in [0.15, 0.2) is 5.60 Å². The highest BCUT2D eigenvalue weighted by Crippen LogP contribution is 2.47. The lowest BCUT2D eigenvalue weighted by molar-refractivity contribution is -0.175. The molecule has 2 N–H and O–H groups in total. The molecule has 2 fully saturated rings. The topological polar surface area (TPSA) is 73.6 Å². The minimum Gasteiger partial charge on any atom is -0.463 e. The molecule has 1 saturated carbocycles. The molecule has 1 aromatic carbocycles. The highest BCUT2D eigenvalue weighted by Gasteiger charge is 2.54. The highest BCUT2D eigenvalue weighted by molar-refractivity contribution is 5.85. The lowest BCUT2D eigenvalue weighted by atomic mass is 9.80. The van der Waals surface area contributed by atoms with Crippen LogP contribution in [0.2, 0.25) is 0 Å². The number of ether oxygens (including phenoxy) is 1. The number of nitrogens with zero attached hydrogens (tertiary/aromatic N) is 1. The summed E-state index contributed by atoms with van der Waals surface area (Å²) in [4.78, 5) is 14.7. The molecule has 2 aliphatic rings. The lowest BCUT2D eigenvalue weighted by Crippen LogP contribution is -2.44. The van der Waals surface area contributed by atoms with E-state index in [-0.39, 0.29) is 31.9 Å². The molecule has 28 heavy (non-hydrogen) atoms. The van der Waals surface area contributed by atoms with E-state index in [4.69, 9.17) is 10.1 Å². The Bertz CT molecular complexity index is 677. The van der Waals surface area contributed by atoms with Crippen LogP contribution in [0.25, 0.3) is 0 Å². The van der Waals surface area contributed by atoms with Gasteiger partial charge in [-0.25, -0.2) is 13.6 Å². The predicted octanol–water partition coefficient (Wildman–Crippen LogP) is 3.59. The number of nitrogens with one attached hydrogen (secondary N) is 1. The van der Waals surface area contributed by atoms with Gasteiger partial charge in [-0.1, -0.05) is 30.3 Å². The average Bonchev–Trinajstić information content (AvgIpc) is 3.27. The van der Waals surface area contributed by atoms with Crippen molar-refractivity contribution in [1.82, 2.24) is 4.90 Å². The number of benzene rings is 1. The Morgan fingerprint density at radius 2 is 2.07 bits per heavy atom. The Hall–Kier alpha value is -1.73. The smallest absolute Gasteiger partial charge is 0.343 e. The molecule has 8 heteroatoms. The van der Waals surface area contributed by atoms with E-state index in [0.29, 0.717) is 17.9 Å². The SMILES string of the molecule is Cl.N=CN1CC[C@H](CCOC(=O)[C@](O)(c2ccccc2)[C@@H]2CCC(F)(F)C2)C1. The van der Waals surface area contributed by atoms with Crippen LogP contribution in [0.5, 0.6) is 0 Å². The second-order valence-corrected chi connectivity index (χ2v) is 7.63. The van der Waals surface area contributed by atoms with Crippen LogP contribution in [-0.4, -0.2) is 47.9 Å². The maximum absolute atomic E-state index is 13.7. The number of rotatable bonds is 7. The summed E-state index contributed by atoms with van der Waals surface area (Å²) in [6, 6.07) is 8.25. The number of likely N-dealkylation sites (tertiary alicyclic amines) is 1. The Balaban J connectivity index is 0.00000280. The van der Waals surface area contributed by atoms with Crippen LogP contribution < -0.4 is 0 Å². The minimum atomic E-state index is -2.87. The summed E-state index contributed by atoms with van der Waals surface area (Å²) in [5, 5.41) is 18.5. The molecule has 0 unspecified atom stereocenters. The van der Waals surface area contributed by atoms with E-state index >= 15 is 0 Å². The Morgan fingerprint density at radius 1 is 1.36 bits per heavy atom. The summed E-state index contributed by atoms with van der Waals surface area (Å²) in [5.41, 5.74) is -1.76. The molecule has 5 nitrogen and oxygen atoms in total. The van der Waals surface area contributed by atoms with Gasteiger partial charge in [-0.15, -0.1) is 12.4 Å². The molecule has 0 bridgehead atoms. The summed E-state index contributed by atoms with van der Waals surface area (Å²) in [5.74, 6) is -4.27. The van der Waals surface area contributed by atoms with Crippen molar-refractivity contribution in [1.29, 1.82) is 5.41 Å². The molecule has 1 saturated heterocycles. The third-order valence-corrected chi connectivity index (χ3v) is 5.78. The Morgan fingerprint density at radius 3 is 2.64 bits per heavy atom. The highest BCUT2D eigenvalue weighted by atomic mass is 35.5. The first-order valence-electron chi connectivity index (χ1n) is 9.43. The van der Waals surface area contributed by atoms with Crippen molar-refractivity contribution in [3.8, 4) is 0 Å². The van der Waals surface area contributed by atoms with Crippen molar-refractivity contribution in [2.45, 2.75) is 43.6 Å². The van der Waals surface area contributed by atoms with Crippen molar-refractivity contribution in [2.75, 3.05) is 19.7 Å². The zero-order valence-corrected chi connectivity index (χ0v) is 16.5. The molecule has 1 aliphatic heterocycles. The average molecular weight is 417 g/mol. The van der Waals surface area contributed by atoms with E-state index in [1.165, 1.54) is 6.34 Å². The number of aliphatic hydroxyl groups is 1. The molecule has 0 aromatic heterocycles. The van der Waals surface area contributed by atoms with Gasteiger partial charge in [-0.05, 0) is 30.7 Å². The van der Waals surface area contributed by atoms with Gasteiger partial charge in [-0.3, -0.25) is 5.41 Å². The van der Waals surface area contributed by atoms with Crippen molar-refractivity contribution >= 4 is 24.7 Å². The van der Waals surface area contributed by atoms with Crippen LogP contribution >= 0.6 is 12.4 Å². The van der Waals surface area contributed by atoms with Crippen LogP contribution in [-0.2, 0) is 15.1 Å². The first kappa shape index (κ1) is 22.6. The van der Waals surface area contributed by atoms with Gasteiger partial charge in [0.05, 0.1) is 12.9 Å². The van der Waals surface area contributed by atoms with Crippen LogP contribution in [0.3, 0.4) is 0 Å². The number of halogens is 3. The third kappa shape index (κ3) is 4.81. The van der Waals surface area contributed by atoms with Crippen LogP contribution in [0.1, 0.15) is 37.7 Å². The quantitative estimate of drug-likeness (QED) is 0.404. The second-order valence-electron chi connectivity index (χ2n) is 7.63. The van der Waals surface area contributed by atoms with Gasteiger partial charge < -0.3 is 14.7 Å². The summed E-state index contributed by atoms with van der Waals surface area (Å²) in [6.07, 6.45) is 2.07. The summed E-state index contributed by atoms with van der Waals surface area (Å²) < 4.78 is 32.9. The van der Waals surface area contributed by atoms with Gasteiger partial charge in [0.1, 0.15) is 0 Å². The number of carbonyl (C=O) groups excluding carboxylic acids is 1. The number of carbonyl (C=O) groups is 1. The van der Waals surface area contributed by atoms with E-state index < -0.39 is 29.8 Å². The molecule has 3 rings (SSSR count). The van der Waals surface area contributed by atoms with E-state index in [1.54, 1.807) is 30.3 Å². The predicted molar refractivity (Wildman–Crippen MR) is 104 cm³/mol. The molecule has 3 atom stereocenters. The molecule has 156 valence electrons. The van der Waals surface area contributed by atoms with Crippen LogP contribution in [0.15, 0.2) is 30.3 Å². The van der Waals surface area contributed by atoms with Gasteiger partial charge in [-0.2, -0.15) is 0 Å². The van der Waals surface area contributed by atoms with E-state index in [0.717, 1.165) is 19.5 Å². The Kier molecular flexibility index (Phi) is 7.39. The van der Waals surface area contributed by atoms with Crippen molar-refractivity contribution < 1.29 is 23.4 Å². The molecular formula is C20H27ClF2N2O3. The molecule has 1 aliphatic carbocycles. The van der Waals surface area contributed by atoms with E-state index in [9.17, 15) is 18.7 Å². The largest absolute Gasteiger partial charge is 0.463 e. The van der Waals surface area contributed by atoms with E-state index in [2.05, 4.69) is 0 Å². The molecule has 0 spiro atoms. The van der Waals surface area contributed by atoms with Crippen molar-refractivity contribution in [2.24, 2.45) is 11.8 Å². The summed E-state index contributed by atoms with van der Waals surface area (Å²) in [7, 11) is 0. The van der Waals surface area contributed by atoms with Gasteiger partial charge in [0.25, 0.3) is 0 Å². The number of esters is 1. The maximum Gasteiger partial charge on any atom is 0.343 e. The zero-order valence-electron chi connectivity index (χ0n) is 15.7. The van der Waals surface area contributed by atoms with Crippen LogP contribution in [0, 0.1) is 17.2 Å². The second kappa shape index (κ2) is 9.18. The van der Waals surface area contributed by atoms with Gasteiger partial charge in [0, 0.05) is 31.8 Å². The van der Waals surface area contributed by atoms with Crippen LogP contribution in [0.4, 0.5) is 8.78 Å². The normalized spacial score (nSPS) is 25.6. The minimum absolute atomic E-state index is 0. The van der Waals surface area contributed by atoms with Gasteiger partial charge >= 0.3 is 5.97 Å². The number of hydrogen-bond donors (Lipinski definition) is 2. The summed E-state index contributed by atoms with van der Waals surface area (Å²) in [6.45, 7) is 1.69. The lowest BCUT2D eigenvalue weighted by Gasteiger charge is -2.32. The Labute approximate surface area is 170 Å². The molecule has 0 radical (unpaired) electrons. The van der Waals surface area contributed by atoms with Crippen molar-refractivity contribution in [3.63, 3.8) is 0 Å².